The molecule has 92 valence electrons. The maximum absolute atomic E-state index is 9.41. The zero-order valence-corrected chi connectivity index (χ0v) is 10.9. The molecule has 0 aliphatic rings. The molecule has 0 radical (unpaired) electrons. The van der Waals surface area contributed by atoms with Crippen LogP contribution < -0.4 is 5.32 Å². The molecule has 1 aromatic heterocycles. The van der Waals surface area contributed by atoms with Crippen molar-refractivity contribution in [3.8, 4) is 0 Å². The first-order valence-corrected chi connectivity index (χ1v) is 5.94. The third-order valence-corrected chi connectivity index (χ3v) is 2.92. The molecular weight excluding hydrogens is 226 g/mol. The summed E-state index contributed by atoms with van der Waals surface area (Å²) in [7, 11) is 0. The number of aryl methyl sites for hydroxylation is 1. The molecule has 1 aromatic rings. The first kappa shape index (κ1) is 13.5. The van der Waals surface area contributed by atoms with Crippen LogP contribution in [0.5, 0.6) is 0 Å². The van der Waals surface area contributed by atoms with Crippen LogP contribution in [0.25, 0.3) is 0 Å². The number of aliphatic hydroxyl groups excluding tert-OH is 1. The van der Waals surface area contributed by atoms with Gasteiger partial charge < -0.3 is 10.4 Å². The van der Waals surface area contributed by atoms with E-state index < -0.39 is 0 Å². The highest BCUT2D eigenvalue weighted by Crippen LogP contribution is 2.14. The van der Waals surface area contributed by atoms with Gasteiger partial charge >= 0.3 is 0 Å². The number of rotatable bonds is 6. The molecule has 16 heavy (non-hydrogen) atoms. The molecular formula is C11H20ClN3O. The monoisotopic (exact) mass is 245 g/mol. The van der Waals surface area contributed by atoms with E-state index >= 15 is 0 Å². The first-order chi connectivity index (χ1) is 7.50. The summed E-state index contributed by atoms with van der Waals surface area (Å²) >= 11 is 5.94. The maximum atomic E-state index is 9.41. The van der Waals surface area contributed by atoms with Crippen molar-refractivity contribution < 1.29 is 5.11 Å². The summed E-state index contributed by atoms with van der Waals surface area (Å²) in [5.41, 5.74) is 0.468. The Labute approximate surface area is 102 Å². The van der Waals surface area contributed by atoms with Gasteiger partial charge in [-0.2, -0.15) is 5.10 Å². The van der Waals surface area contributed by atoms with Crippen molar-refractivity contribution in [1.29, 1.82) is 0 Å². The molecule has 1 unspecified atom stereocenters. The standard InChI is InChI=1S/C11H20ClN3O/c1-4-5-13-11(3,8-16)7-15-6-10(12)9(2)14-15/h6,13,16H,4-5,7-8H2,1-3H3. The van der Waals surface area contributed by atoms with Crippen LogP contribution in [-0.4, -0.2) is 33.6 Å². The average molecular weight is 246 g/mol. The van der Waals surface area contributed by atoms with Crippen LogP contribution in [0.2, 0.25) is 5.02 Å². The highest BCUT2D eigenvalue weighted by atomic mass is 35.5. The van der Waals surface area contributed by atoms with Crippen LogP contribution in [0.4, 0.5) is 0 Å². The summed E-state index contributed by atoms with van der Waals surface area (Å²) in [6, 6.07) is 0. The SMILES string of the molecule is CCCNC(C)(CO)Cn1cc(Cl)c(C)n1. The number of nitrogens with zero attached hydrogens (tertiary/aromatic N) is 2. The van der Waals surface area contributed by atoms with E-state index in [0.717, 1.165) is 18.7 Å². The van der Waals surface area contributed by atoms with Gasteiger partial charge in [-0.05, 0) is 26.8 Å². The van der Waals surface area contributed by atoms with Gasteiger partial charge in [0.2, 0.25) is 0 Å². The second-order valence-electron chi connectivity index (χ2n) is 4.41. The molecule has 0 bridgehead atoms. The highest BCUT2D eigenvalue weighted by molar-refractivity contribution is 6.31. The second-order valence-corrected chi connectivity index (χ2v) is 4.81. The molecule has 2 N–H and O–H groups in total. The lowest BCUT2D eigenvalue weighted by Gasteiger charge is -2.28. The summed E-state index contributed by atoms with van der Waals surface area (Å²) in [6.07, 6.45) is 2.83. The van der Waals surface area contributed by atoms with Crippen molar-refractivity contribution in [2.24, 2.45) is 0 Å². The Morgan fingerprint density at radius 3 is 2.75 bits per heavy atom. The molecule has 1 heterocycles. The summed E-state index contributed by atoms with van der Waals surface area (Å²) in [6.45, 7) is 7.51. The van der Waals surface area contributed by atoms with Crippen molar-refractivity contribution in [2.75, 3.05) is 13.2 Å². The normalized spacial score (nSPS) is 15.1. The van der Waals surface area contributed by atoms with E-state index in [1.807, 2.05) is 13.8 Å². The third-order valence-electron chi connectivity index (χ3n) is 2.55. The lowest BCUT2D eigenvalue weighted by Crippen LogP contribution is -2.49. The summed E-state index contributed by atoms with van der Waals surface area (Å²) in [5, 5.41) is 17.7. The molecule has 0 aliphatic heterocycles. The van der Waals surface area contributed by atoms with Crippen molar-refractivity contribution in [3.63, 3.8) is 0 Å². The van der Waals surface area contributed by atoms with Gasteiger partial charge in [0.05, 0.1) is 29.4 Å². The van der Waals surface area contributed by atoms with Gasteiger partial charge in [0, 0.05) is 6.20 Å². The molecule has 1 rings (SSSR count). The fourth-order valence-electron chi connectivity index (χ4n) is 1.52. The van der Waals surface area contributed by atoms with Crippen LogP contribution >= 0.6 is 11.6 Å². The number of nitrogens with one attached hydrogen (secondary N) is 1. The quantitative estimate of drug-likeness (QED) is 0.801. The molecule has 0 aliphatic carbocycles. The minimum atomic E-state index is -0.349. The van der Waals surface area contributed by atoms with Gasteiger partial charge in [0.25, 0.3) is 0 Å². The fourth-order valence-corrected chi connectivity index (χ4v) is 1.67. The van der Waals surface area contributed by atoms with Crippen molar-refractivity contribution >= 4 is 11.6 Å². The number of hydrogen-bond acceptors (Lipinski definition) is 3. The number of aliphatic hydroxyl groups is 1. The molecule has 0 saturated heterocycles. The van der Waals surface area contributed by atoms with Gasteiger partial charge in [-0.25, -0.2) is 0 Å². The van der Waals surface area contributed by atoms with Crippen LogP contribution in [0.3, 0.4) is 0 Å². The van der Waals surface area contributed by atoms with Gasteiger partial charge in [-0.1, -0.05) is 18.5 Å². The largest absolute Gasteiger partial charge is 0.394 e. The second kappa shape index (κ2) is 5.66. The Morgan fingerprint density at radius 1 is 1.62 bits per heavy atom. The lowest BCUT2D eigenvalue weighted by atomic mass is 10.0. The van der Waals surface area contributed by atoms with E-state index in [4.69, 9.17) is 11.6 Å². The minimum absolute atomic E-state index is 0.0729. The molecule has 0 saturated carbocycles. The van der Waals surface area contributed by atoms with Crippen molar-refractivity contribution in [1.82, 2.24) is 15.1 Å². The highest BCUT2D eigenvalue weighted by Gasteiger charge is 2.23. The Morgan fingerprint density at radius 2 is 2.31 bits per heavy atom. The molecule has 0 spiro atoms. The summed E-state index contributed by atoms with van der Waals surface area (Å²) in [4.78, 5) is 0. The molecule has 0 amide bonds. The van der Waals surface area contributed by atoms with Gasteiger partial charge in [0.15, 0.2) is 0 Å². The van der Waals surface area contributed by atoms with Gasteiger partial charge in [-0.3, -0.25) is 4.68 Å². The predicted octanol–water partition coefficient (Wildman–Crippen LogP) is 1.60. The smallest absolute Gasteiger partial charge is 0.0814 e. The van der Waals surface area contributed by atoms with E-state index in [-0.39, 0.29) is 12.1 Å². The Balaban J connectivity index is 2.68. The molecule has 1 atom stereocenters. The molecule has 5 heteroatoms. The van der Waals surface area contributed by atoms with E-state index in [2.05, 4.69) is 17.3 Å². The number of hydrogen-bond donors (Lipinski definition) is 2. The zero-order chi connectivity index (χ0) is 12.2. The molecule has 0 aromatic carbocycles. The zero-order valence-electron chi connectivity index (χ0n) is 10.1. The Kier molecular flexibility index (Phi) is 4.77. The summed E-state index contributed by atoms with van der Waals surface area (Å²) in [5.74, 6) is 0. The van der Waals surface area contributed by atoms with Crippen LogP contribution in [0.15, 0.2) is 6.20 Å². The maximum Gasteiger partial charge on any atom is 0.0814 e. The third kappa shape index (κ3) is 3.47. The van der Waals surface area contributed by atoms with Crippen LogP contribution in [0, 0.1) is 6.92 Å². The van der Waals surface area contributed by atoms with Gasteiger partial charge in [0.1, 0.15) is 0 Å². The van der Waals surface area contributed by atoms with Crippen molar-refractivity contribution in [2.45, 2.75) is 39.3 Å². The van der Waals surface area contributed by atoms with E-state index in [9.17, 15) is 5.11 Å². The van der Waals surface area contributed by atoms with Crippen LogP contribution in [-0.2, 0) is 6.54 Å². The van der Waals surface area contributed by atoms with Crippen LogP contribution in [0.1, 0.15) is 26.0 Å². The summed E-state index contributed by atoms with van der Waals surface area (Å²) < 4.78 is 1.77. The number of halogens is 1. The molecule has 0 fully saturated rings. The Bertz CT molecular complexity index is 320. The Hall–Kier alpha value is -0.580. The molecule has 4 nitrogen and oxygen atoms in total. The average Bonchev–Trinajstić information content (AvgIpc) is 2.55. The predicted molar refractivity (Wildman–Crippen MR) is 65.8 cm³/mol. The minimum Gasteiger partial charge on any atom is -0.394 e. The number of aromatic nitrogens is 2. The topological polar surface area (TPSA) is 50.1 Å². The van der Waals surface area contributed by atoms with E-state index in [0.29, 0.717) is 11.6 Å². The van der Waals surface area contributed by atoms with E-state index in [1.54, 1.807) is 10.9 Å². The lowest BCUT2D eigenvalue weighted by molar-refractivity contribution is 0.153. The first-order valence-electron chi connectivity index (χ1n) is 5.56. The van der Waals surface area contributed by atoms with E-state index in [1.165, 1.54) is 0 Å². The van der Waals surface area contributed by atoms with Gasteiger partial charge in [-0.15, -0.1) is 0 Å². The fraction of sp³-hybridized carbons (Fsp3) is 0.727. The van der Waals surface area contributed by atoms with Crippen molar-refractivity contribution in [3.05, 3.63) is 16.9 Å².